The van der Waals surface area contributed by atoms with Gasteiger partial charge >= 0.3 is 0 Å². The Morgan fingerprint density at radius 1 is 1.27 bits per heavy atom. The number of nitrogens with one attached hydrogen (secondary N) is 1. The molecule has 0 aromatic heterocycles. The van der Waals surface area contributed by atoms with Crippen LogP contribution in [-0.2, 0) is 6.42 Å². The second kappa shape index (κ2) is 6.41. The summed E-state index contributed by atoms with van der Waals surface area (Å²) >= 11 is 1.40. The van der Waals surface area contributed by atoms with Crippen LogP contribution < -0.4 is 5.32 Å². The molecule has 0 saturated heterocycles. The number of aliphatic hydroxyl groups is 1. The fourth-order valence-electron chi connectivity index (χ4n) is 3.09. The topological polar surface area (TPSA) is 32.3 Å². The Morgan fingerprint density at radius 2 is 2.05 bits per heavy atom. The van der Waals surface area contributed by atoms with Gasteiger partial charge in [0.25, 0.3) is 0 Å². The van der Waals surface area contributed by atoms with Gasteiger partial charge in [0, 0.05) is 17.4 Å². The van der Waals surface area contributed by atoms with Crippen LogP contribution in [0.2, 0.25) is 0 Å². The molecule has 116 valence electrons. The highest BCUT2D eigenvalue weighted by molar-refractivity contribution is 7.98. The Bertz CT molecular complexity index is 676. The summed E-state index contributed by atoms with van der Waals surface area (Å²) in [5.41, 5.74) is 3.22. The van der Waals surface area contributed by atoms with Crippen LogP contribution in [0.5, 0.6) is 0 Å². The molecule has 3 rings (SSSR count). The molecule has 0 radical (unpaired) electrons. The molecule has 3 unspecified atom stereocenters. The number of rotatable bonds is 4. The highest BCUT2D eigenvalue weighted by Crippen LogP contribution is 2.33. The van der Waals surface area contributed by atoms with Crippen LogP contribution in [0.1, 0.15) is 35.7 Å². The normalized spacial score (nSPS) is 21.6. The maximum absolute atomic E-state index is 13.9. The van der Waals surface area contributed by atoms with Crippen molar-refractivity contribution in [1.29, 1.82) is 0 Å². The van der Waals surface area contributed by atoms with Crippen molar-refractivity contribution in [2.75, 3.05) is 6.26 Å². The van der Waals surface area contributed by atoms with Gasteiger partial charge in [0.2, 0.25) is 0 Å². The fraction of sp³-hybridized carbons (Fsp3) is 0.333. The minimum atomic E-state index is -0.435. The van der Waals surface area contributed by atoms with Gasteiger partial charge < -0.3 is 10.4 Å². The highest BCUT2D eigenvalue weighted by Gasteiger charge is 2.31. The first kappa shape index (κ1) is 15.5. The highest BCUT2D eigenvalue weighted by atomic mass is 32.2. The Morgan fingerprint density at radius 3 is 2.77 bits per heavy atom. The minimum Gasteiger partial charge on any atom is -0.391 e. The number of thioether (sulfide) groups is 1. The molecule has 0 amide bonds. The Hall–Kier alpha value is -1.36. The Balaban J connectivity index is 1.80. The summed E-state index contributed by atoms with van der Waals surface area (Å²) in [6.45, 7) is 2.00. The molecule has 0 bridgehead atoms. The molecule has 0 saturated carbocycles. The van der Waals surface area contributed by atoms with Crippen molar-refractivity contribution in [3.05, 3.63) is 65.0 Å². The van der Waals surface area contributed by atoms with Crippen LogP contribution >= 0.6 is 11.8 Å². The average Bonchev–Trinajstić information content (AvgIpc) is 2.83. The zero-order valence-corrected chi connectivity index (χ0v) is 13.5. The van der Waals surface area contributed by atoms with E-state index in [0.717, 1.165) is 11.1 Å². The molecule has 2 N–H and O–H groups in total. The van der Waals surface area contributed by atoms with Crippen LogP contribution in [0.4, 0.5) is 4.39 Å². The predicted octanol–water partition coefficient (Wildman–Crippen LogP) is 3.86. The summed E-state index contributed by atoms with van der Waals surface area (Å²) in [5.74, 6) is -0.189. The molecule has 0 spiro atoms. The summed E-state index contributed by atoms with van der Waals surface area (Å²) in [6, 6.07) is 13.3. The van der Waals surface area contributed by atoms with E-state index in [1.54, 1.807) is 6.07 Å². The molecule has 22 heavy (non-hydrogen) atoms. The van der Waals surface area contributed by atoms with Gasteiger partial charge in [-0.15, -0.1) is 11.8 Å². The van der Waals surface area contributed by atoms with E-state index in [0.29, 0.717) is 11.3 Å². The molecule has 2 aromatic carbocycles. The number of benzene rings is 2. The van der Waals surface area contributed by atoms with Crippen LogP contribution in [0.3, 0.4) is 0 Å². The van der Waals surface area contributed by atoms with E-state index < -0.39 is 6.10 Å². The van der Waals surface area contributed by atoms with Gasteiger partial charge in [0.1, 0.15) is 5.82 Å². The van der Waals surface area contributed by atoms with E-state index >= 15 is 0 Å². The SMILES string of the molecule is CSc1ccc(C(C)NC2c3ccccc3CC2O)cc1F. The van der Waals surface area contributed by atoms with Crippen LogP contribution in [0.15, 0.2) is 47.4 Å². The zero-order valence-electron chi connectivity index (χ0n) is 12.7. The molecule has 0 fully saturated rings. The molecule has 3 atom stereocenters. The third kappa shape index (κ3) is 2.91. The third-order valence-electron chi connectivity index (χ3n) is 4.31. The van der Waals surface area contributed by atoms with E-state index in [1.807, 2.05) is 43.5 Å². The second-order valence-corrected chi connectivity index (χ2v) is 6.58. The van der Waals surface area contributed by atoms with Gasteiger partial charge in [-0.05, 0) is 42.0 Å². The van der Waals surface area contributed by atoms with Crippen LogP contribution in [-0.4, -0.2) is 17.5 Å². The molecule has 1 aliphatic carbocycles. The number of hydrogen-bond acceptors (Lipinski definition) is 3. The number of hydrogen-bond donors (Lipinski definition) is 2. The van der Waals surface area contributed by atoms with E-state index in [1.165, 1.54) is 17.3 Å². The van der Waals surface area contributed by atoms with Gasteiger partial charge in [0.15, 0.2) is 0 Å². The van der Waals surface area contributed by atoms with Gasteiger partial charge in [-0.1, -0.05) is 30.3 Å². The molecular formula is C18H20FNOS. The second-order valence-electron chi connectivity index (χ2n) is 5.73. The van der Waals surface area contributed by atoms with Crippen LogP contribution in [0, 0.1) is 5.82 Å². The number of halogens is 1. The van der Waals surface area contributed by atoms with E-state index in [9.17, 15) is 9.50 Å². The quantitative estimate of drug-likeness (QED) is 0.840. The molecule has 2 aromatic rings. The molecule has 4 heteroatoms. The molecule has 1 aliphatic rings. The number of fused-ring (bicyclic) bond motifs is 1. The smallest absolute Gasteiger partial charge is 0.137 e. The lowest BCUT2D eigenvalue weighted by atomic mass is 10.0. The van der Waals surface area contributed by atoms with Gasteiger partial charge in [-0.2, -0.15) is 0 Å². The molecule has 2 nitrogen and oxygen atoms in total. The molecule has 0 aliphatic heterocycles. The zero-order chi connectivity index (χ0) is 15.7. The van der Waals surface area contributed by atoms with Gasteiger partial charge in [0.05, 0.1) is 12.1 Å². The predicted molar refractivity (Wildman–Crippen MR) is 88.6 cm³/mol. The first-order valence-electron chi connectivity index (χ1n) is 7.45. The lowest BCUT2D eigenvalue weighted by Crippen LogP contribution is -2.31. The first-order valence-corrected chi connectivity index (χ1v) is 8.68. The average molecular weight is 317 g/mol. The Labute approximate surface area is 134 Å². The number of aliphatic hydroxyl groups excluding tert-OH is 1. The first-order chi connectivity index (χ1) is 10.6. The Kier molecular flexibility index (Phi) is 4.52. The lowest BCUT2D eigenvalue weighted by Gasteiger charge is -2.23. The van der Waals surface area contributed by atoms with E-state index in [4.69, 9.17) is 0 Å². The summed E-state index contributed by atoms with van der Waals surface area (Å²) in [5, 5.41) is 13.7. The van der Waals surface area contributed by atoms with Crippen molar-refractivity contribution in [2.45, 2.75) is 36.4 Å². The van der Waals surface area contributed by atoms with Crippen molar-refractivity contribution in [3.8, 4) is 0 Å². The third-order valence-corrected chi connectivity index (χ3v) is 5.08. The lowest BCUT2D eigenvalue weighted by molar-refractivity contribution is 0.136. The summed E-state index contributed by atoms with van der Waals surface area (Å²) < 4.78 is 13.9. The molecular weight excluding hydrogens is 297 g/mol. The van der Waals surface area contributed by atoms with Crippen molar-refractivity contribution in [2.24, 2.45) is 0 Å². The maximum Gasteiger partial charge on any atom is 0.137 e. The van der Waals surface area contributed by atoms with Crippen LogP contribution in [0.25, 0.3) is 0 Å². The fourth-order valence-corrected chi connectivity index (χ4v) is 3.55. The largest absolute Gasteiger partial charge is 0.391 e. The van der Waals surface area contributed by atoms with Gasteiger partial charge in [-0.25, -0.2) is 4.39 Å². The standard InChI is InChI=1S/C18H20FNOS/c1-11(12-7-8-17(22-2)15(19)9-12)20-18-14-6-4-3-5-13(14)10-16(18)21/h3-9,11,16,18,20-21H,10H2,1-2H3. The van der Waals surface area contributed by atoms with Crippen molar-refractivity contribution >= 4 is 11.8 Å². The molecule has 0 heterocycles. The van der Waals surface area contributed by atoms with Crippen molar-refractivity contribution < 1.29 is 9.50 Å². The van der Waals surface area contributed by atoms with Gasteiger partial charge in [-0.3, -0.25) is 0 Å². The monoisotopic (exact) mass is 317 g/mol. The maximum atomic E-state index is 13.9. The van der Waals surface area contributed by atoms with Crippen molar-refractivity contribution in [3.63, 3.8) is 0 Å². The van der Waals surface area contributed by atoms with Crippen molar-refractivity contribution in [1.82, 2.24) is 5.32 Å². The van der Waals surface area contributed by atoms with E-state index in [-0.39, 0.29) is 17.9 Å². The van der Waals surface area contributed by atoms with E-state index in [2.05, 4.69) is 11.4 Å². The summed E-state index contributed by atoms with van der Waals surface area (Å²) in [7, 11) is 0. The summed E-state index contributed by atoms with van der Waals surface area (Å²) in [6.07, 6.45) is 2.10. The summed E-state index contributed by atoms with van der Waals surface area (Å²) in [4.78, 5) is 0.655. The minimum absolute atomic E-state index is 0.0313.